The highest BCUT2D eigenvalue weighted by Crippen LogP contribution is 2.09. The Morgan fingerprint density at radius 1 is 0.857 bits per heavy atom. The van der Waals surface area contributed by atoms with Crippen LogP contribution in [-0.2, 0) is 32.1 Å². The Labute approximate surface area is 204 Å². The molecule has 0 aromatic heterocycles. The minimum atomic E-state index is -1.21. The monoisotopic (exact) mass is 485 g/mol. The summed E-state index contributed by atoms with van der Waals surface area (Å²) in [6.07, 6.45) is -0.352. The second-order valence-electron chi connectivity index (χ2n) is 8.52. The molecule has 0 aliphatic rings. The lowest BCUT2D eigenvalue weighted by molar-refractivity contribution is -0.131. The van der Waals surface area contributed by atoms with Crippen molar-refractivity contribution in [1.29, 1.82) is 0 Å². The second-order valence-corrected chi connectivity index (χ2v) is 8.52. The third kappa shape index (κ3) is 10.4. The van der Waals surface area contributed by atoms with E-state index in [-0.39, 0.29) is 25.4 Å². The Morgan fingerprint density at radius 2 is 1.46 bits per heavy atom. The van der Waals surface area contributed by atoms with Crippen LogP contribution in [0.4, 0.5) is 9.18 Å². The van der Waals surface area contributed by atoms with Crippen LogP contribution in [0.15, 0.2) is 60.7 Å². The first-order valence-corrected chi connectivity index (χ1v) is 11.4. The molecule has 0 radical (unpaired) electrons. The zero-order valence-electron chi connectivity index (χ0n) is 20.0. The molecule has 2 aromatic rings. The number of carbonyl (C=O) groups is 4. The van der Waals surface area contributed by atoms with Crippen molar-refractivity contribution < 1.29 is 28.3 Å². The minimum absolute atomic E-state index is 0.0410. The Kier molecular flexibility index (Phi) is 11.4. The number of amides is 3. The van der Waals surface area contributed by atoms with Crippen LogP contribution in [0.2, 0.25) is 0 Å². The van der Waals surface area contributed by atoms with Gasteiger partial charge in [0.2, 0.25) is 11.8 Å². The van der Waals surface area contributed by atoms with Crippen LogP contribution < -0.4 is 16.0 Å². The number of Topliss-reactive ketones (excluding diaryl/α,β-unsaturated/α-hetero) is 1. The van der Waals surface area contributed by atoms with E-state index in [0.29, 0.717) is 0 Å². The molecule has 0 aliphatic carbocycles. The van der Waals surface area contributed by atoms with Gasteiger partial charge in [0, 0.05) is 0 Å². The van der Waals surface area contributed by atoms with Crippen molar-refractivity contribution in [3.05, 3.63) is 71.8 Å². The summed E-state index contributed by atoms with van der Waals surface area (Å²) in [5.41, 5.74) is 1.57. The molecular weight excluding hydrogens is 453 g/mol. The molecule has 8 nitrogen and oxygen atoms in total. The summed E-state index contributed by atoms with van der Waals surface area (Å²) in [4.78, 5) is 49.3. The van der Waals surface area contributed by atoms with E-state index in [1.54, 1.807) is 36.4 Å². The van der Waals surface area contributed by atoms with Crippen molar-refractivity contribution in [2.75, 3.05) is 13.2 Å². The molecule has 0 aliphatic heterocycles. The van der Waals surface area contributed by atoms with Crippen molar-refractivity contribution in [2.45, 2.75) is 45.4 Å². The van der Waals surface area contributed by atoms with Gasteiger partial charge in [-0.2, -0.15) is 0 Å². The van der Waals surface area contributed by atoms with Gasteiger partial charge < -0.3 is 20.7 Å². The average Bonchev–Trinajstić information content (AvgIpc) is 2.85. The maximum Gasteiger partial charge on any atom is 0.407 e. The summed E-state index contributed by atoms with van der Waals surface area (Å²) >= 11 is 0. The summed E-state index contributed by atoms with van der Waals surface area (Å²) in [5.74, 6) is -1.90. The van der Waals surface area contributed by atoms with E-state index in [9.17, 15) is 23.6 Å². The average molecular weight is 486 g/mol. The van der Waals surface area contributed by atoms with Gasteiger partial charge in [-0.05, 0) is 29.9 Å². The van der Waals surface area contributed by atoms with Crippen LogP contribution in [0.1, 0.15) is 31.4 Å². The van der Waals surface area contributed by atoms with Crippen molar-refractivity contribution >= 4 is 23.7 Å². The number of hydrogen-bond donors (Lipinski definition) is 3. The van der Waals surface area contributed by atoms with Crippen LogP contribution in [0.25, 0.3) is 0 Å². The van der Waals surface area contributed by atoms with Crippen LogP contribution >= 0.6 is 0 Å². The lowest BCUT2D eigenvalue weighted by atomic mass is 10.00. The molecule has 2 aromatic carbocycles. The molecule has 0 saturated heterocycles. The molecular formula is C26H32FN3O5. The number of ketones is 1. The van der Waals surface area contributed by atoms with Gasteiger partial charge in [0.05, 0.1) is 6.04 Å². The summed E-state index contributed by atoms with van der Waals surface area (Å²) in [7, 11) is 0. The predicted octanol–water partition coefficient (Wildman–Crippen LogP) is 2.71. The number of carbonyl (C=O) groups excluding carboxylic acids is 4. The predicted molar refractivity (Wildman–Crippen MR) is 129 cm³/mol. The molecule has 9 heteroatoms. The van der Waals surface area contributed by atoms with E-state index in [1.165, 1.54) is 0 Å². The molecule has 2 atom stereocenters. The molecule has 0 bridgehead atoms. The maximum atomic E-state index is 13.1. The number of alkyl carbamates (subject to hydrolysis) is 1. The van der Waals surface area contributed by atoms with E-state index in [1.807, 2.05) is 38.1 Å². The SMILES string of the molecule is CC(C)CC(NC(=O)CNC(=O)OCc1ccccc1)C(=O)NC(Cc1ccccc1)C(=O)CF. The summed E-state index contributed by atoms with van der Waals surface area (Å²) in [6.45, 7) is 2.19. The lowest BCUT2D eigenvalue weighted by Crippen LogP contribution is -2.54. The number of benzene rings is 2. The van der Waals surface area contributed by atoms with Gasteiger partial charge in [0.1, 0.15) is 25.9 Å². The number of rotatable bonds is 13. The Bertz CT molecular complexity index is 969. The summed E-state index contributed by atoms with van der Waals surface area (Å²) in [5, 5.41) is 7.49. The van der Waals surface area contributed by atoms with E-state index in [4.69, 9.17) is 4.74 Å². The topological polar surface area (TPSA) is 114 Å². The van der Waals surface area contributed by atoms with E-state index < -0.39 is 49.0 Å². The molecule has 3 N–H and O–H groups in total. The zero-order valence-corrected chi connectivity index (χ0v) is 20.0. The van der Waals surface area contributed by atoms with E-state index in [0.717, 1.165) is 11.1 Å². The van der Waals surface area contributed by atoms with Crippen LogP contribution in [0, 0.1) is 5.92 Å². The van der Waals surface area contributed by atoms with Crippen molar-refractivity contribution in [1.82, 2.24) is 16.0 Å². The second kappa shape index (κ2) is 14.5. The first-order chi connectivity index (χ1) is 16.8. The number of ether oxygens (including phenoxy) is 1. The van der Waals surface area contributed by atoms with Gasteiger partial charge in [-0.3, -0.25) is 14.4 Å². The standard InChI is InChI=1S/C26H32FN3O5/c1-18(2)13-22(25(33)30-21(23(31)15-27)14-19-9-5-3-6-10-19)29-24(32)16-28-26(34)35-17-20-11-7-4-8-12-20/h3-12,18,21-22H,13-17H2,1-2H3,(H,28,34)(H,29,32)(H,30,33). The summed E-state index contributed by atoms with van der Waals surface area (Å²) in [6, 6.07) is 16.0. The third-order valence-electron chi connectivity index (χ3n) is 5.08. The fraction of sp³-hybridized carbons (Fsp3) is 0.385. The highest BCUT2D eigenvalue weighted by Gasteiger charge is 2.27. The largest absolute Gasteiger partial charge is 0.445 e. The van der Waals surface area contributed by atoms with Crippen LogP contribution in [-0.4, -0.2) is 49.0 Å². The molecule has 188 valence electrons. The Balaban J connectivity index is 1.92. The van der Waals surface area contributed by atoms with Gasteiger partial charge in [-0.1, -0.05) is 74.5 Å². The van der Waals surface area contributed by atoms with E-state index >= 15 is 0 Å². The molecule has 2 unspecified atom stereocenters. The van der Waals surface area contributed by atoms with Crippen LogP contribution in [0.3, 0.4) is 0 Å². The van der Waals surface area contributed by atoms with Crippen molar-refractivity contribution in [3.8, 4) is 0 Å². The molecule has 35 heavy (non-hydrogen) atoms. The van der Waals surface area contributed by atoms with Crippen molar-refractivity contribution in [3.63, 3.8) is 0 Å². The first-order valence-electron chi connectivity index (χ1n) is 11.4. The van der Waals surface area contributed by atoms with Gasteiger partial charge in [-0.25, -0.2) is 9.18 Å². The number of hydrogen-bond acceptors (Lipinski definition) is 5. The maximum absolute atomic E-state index is 13.1. The molecule has 2 rings (SSSR count). The molecule has 0 heterocycles. The van der Waals surface area contributed by atoms with Crippen LogP contribution in [0.5, 0.6) is 0 Å². The Hall–Kier alpha value is -3.75. The number of nitrogens with one attached hydrogen (secondary N) is 3. The van der Waals surface area contributed by atoms with Gasteiger partial charge in [0.15, 0.2) is 5.78 Å². The quantitative estimate of drug-likeness (QED) is 0.404. The molecule has 3 amide bonds. The van der Waals surface area contributed by atoms with Gasteiger partial charge >= 0.3 is 6.09 Å². The lowest BCUT2D eigenvalue weighted by Gasteiger charge is -2.23. The fourth-order valence-corrected chi connectivity index (χ4v) is 3.34. The summed E-state index contributed by atoms with van der Waals surface area (Å²) < 4.78 is 18.2. The molecule has 0 saturated carbocycles. The zero-order chi connectivity index (χ0) is 25.6. The molecule has 0 fully saturated rings. The smallest absolute Gasteiger partial charge is 0.407 e. The normalized spacial score (nSPS) is 12.3. The minimum Gasteiger partial charge on any atom is -0.445 e. The number of alkyl halides is 1. The third-order valence-corrected chi connectivity index (χ3v) is 5.08. The number of halogens is 1. The highest BCUT2D eigenvalue weighted by atomic mass is 19.1. The van der Waals surface area contributed by atoms with Gasteiger partial charge in [0.25, 0.3) is 0 Å². The van der Waals surface area contributed by atoms with Gasteiger partial charge in [-0.15, -0.1) is 0 Å². The first kappa shape index (κ1) is 27.5. The highest BCUT2D eigenvalue weighted by molar-refractivity contribution is 5.94. The van der Waals surface area contributed by atoms with Crippen molar-refractivity contribution in [2.24, 2.45) is 5.92 Å². The Morgan fingerprint density at radius 3 is 2.03 bits per heavy atom. The molecule has 0 spiro atoms. The van der Waals surface area contributed by atoms with E-state index in [2.05, 4.69) is 16.0 Å². The fourth-order valence-electron chi connectivity index (χ4n) is 3.34.